The summed E-state index contributed by atoms with van der Waals surface area (Å²) in [6.45, 7) is 2.93. The van der Waals surface area contributed by atoms with Gasteiger partial charge in [-0.2, -0.15) is 16.4 Å². The first-order valence-corrected chi connectivity index (χ1v) is 9.17. The van der Waals surface area contributed by atoms with Crippen LogP contribution < -0.4 is 0 Å². The molecule has 1 amide bonds. The second-order valence-electron chi connectivity index (χ2n) is 6.60. The SMILES string of the molecule is Cn1cc(CN2CC[C@@H]3[C@@H]2CCN3C(=O)Cc2ccsc2)cn1. The van der Waals surface area contributed by atoms with Gasteiger partial charge in [0.25, 0.3) is 0 Å². The first-order valence-electron chi connectivity index (χ1n) is 8.23. The molecular formula is C17H22N4OS. The lowest BCUT2D eigenvalue weighted by Crippen LogP contribution is -2.40. The van der Waals surface area contributed by atoms with Crippen molar-refractivity contribution in [1.82, 2.24) is 19.6 Å². The second kappa shape index (κ2) is 6.09. The molecule has 0 bridgehead atoms. The normalized spacial score (nSPS) is 24.3. The van der Waals surface area contributed by atoms with E-state index in [9.17, 15) is 4.79 Å². The molecule has 4 rings (SSSR count). The molecule has 0 aromatic carbocycles. The van der Waals surface area contributed by atoms with Crippen LogP contribution in [0.5, 0.6) is 0 Å². The van der Waals surface area contributed by atoms with Crippen molar-refractivity contribution in [1.29, 1.82) is 0 Å². The van der Waals surface area contributed by atoms with Crippen molar-refractivity contribution in [3.63, 3.8) is 0 Å². The fraction of sp³-hybridized carbons (Fsp3) is 0.529. The topological polar surface area (TPSA) is 41.4 Å². The molecule has 5 nitrogen and oxygen atoms in total. The van der Waals surface area contributed by atoms with Gasteiger partial charge in [0, 0.05) is 50.5 Å². The second-order valence-corrected chi connectivity index (χ2v) is 7.38. The largest absolute Gasteiger partial charge is 0.338 e. The molecule has 23 heavy (non-hydrogen) atoms. The monoisotopic (exact) mass is 330 g/mol. The third kappa shape index (κ3) is 2.93. The van der Waals surface area contributed by atoms with E-state index in [1.807, 2.05) is 23.3 Å². The number of carbonyl (C=O) groups is 1. The predicted molar refractivity (Wildman–Crippen MR) is 90.2 cm³/mol. The lowest BCUT2D eigenvalue weighted by Gasteiger charge is -2.25. The number of fused-ring (bicyclic) bond motifs is 1. The molecule has 2 aromatic rings. The number of nitrogens with zero attached hydrogens (tertiary/aromatic N) is 4. The highest BCUT2D eigenvalue weighted by Gasteiger charge is 2.43. The van der Waals surface area contributed by atoms with Crippen molar-refractivity contribution < 1.29 is 4.79 Å². The maximum atomic E-state index is 12.6. The molecule has 0 radical (unpaired) electrons. The van der Waals surface area contributed by atoms with Gasteiger partial charge in [-0.3, -0.25) is 14.4 Å². The molecule has 0 aliphatic carbocycles. The van der Waals surface area contributed by atoms with Gasteiger partial charge in [-0.25, -0.2) is 0 Å². The van der Waals surface area contributed by atoms with Crippen LogP contribution in [0, 0.1) is 0 Å². The minimum absolute atomic E-state index is 0.291. The number of hydrogen-bond donors (Lipinski definition) is 0. The van der Waals surface area contributed by atoms with Crippen LogP contribution in [-0.2, 0) is 24.8 Å². The van der Waals surface area contributed by atoms with E-state index >= 15 is 0 Å². The lowest BCUT2D eigenvalue weighted by molar-refractivity contribution is -0.131. The van der Waals surface area contributed by atoms with Gasteiger partial charge in [-0.15, -0.1) is 0 Å². The summed E-state index contributed by atoms with van der Waals surface area (Å²) in [7, 11) is 1.96. The number of carbonyl (C=O) groups excluding carboxylic acids is 1. The molecule has 0 unspecified atom stereocenters. The third-order valence-corrected chi connectivity index (χ3v) is 5.82. The number of likely N-dealkylation sites (tertiary alicyclic amines) is 2. The first kappa shape index (κ1) is 14.9. The molecule has 2 saturated heterocycles. The molecule has 2 atom stereocenters. The zero-order valence-electron chi connectivity index (χ0n) is 13.4. The fourth-order valence-corrected chi connectivity index (χ4v) is 4.71. The highest BCUT2D eigenvalue weighted by Crippen LogP contribution is 2.33. The summed E-state index contributed by atoms with van der Waals surface area (Å²) in [5.41, 5.74) is 2.41. The Bertz CT molecular complexity index is 681. The Labute approximate surface area is 140 Å². The fourth-order valence-electron chi connectivity index (χ4n) is 4.04. The zero-order valence-corrected chi connectivity index (χ0v) is 14.2. The van der Waals surface area contributed by atoms with Gasteiger partial charge in [0.05, 0.1) is 12.6 Å². The van der Waals surface area contributed by atoms with Crippen LogP contribution >= 0.6 is 11.3 Å². The molecule has 2 fully saturated rings. The molecule has 122 valence electrons. The number of aromatic nitrogens is 2. The number of aryl methyl sites for hydroxylation is 1. The molecule has 0 saturated carbocycles. The molecule has 0 N–H and O–H groups in total. The minimum Gasteiger partial charge on any atom is -0.338 e. The van der Waals surface area contributed by atoms with Gasteiger partial charge in [0.15, 0.2) is 0 Å². The summed E-state index contributed by atoms with van der Waals surface area (Å²) < 4.78 is 1.86. The van der Waals surface area contributed by atoms with Crippen LogP contribution in [0.25, 0.3) is 0 Å². The predicted octanol–water partition coefficient (Wildman–Crippen LogP) is 1.90. The van der Waals surface area contributed by atoms with Crippen LogP contribution in [0.4, 0.5) is 0 Å². The Kier molecular flexibility index (Phi) is 3.95. The Morgan fingerprint density at radius 3 is 2.91 bits per heavy atom. The summed E-state index contributed by atoms with van der Waals surface area (Å²) in [6.07, 6.45) is 6.78. The van der Waals surface area contributed by atoms with E-state index in [1.165, 1.54) is 5.56 Å². The van der Waals surface area contributed by atoms with E-state index in [0.717, 1.165) is 38.0 Å². The number of rotatable bonds is 4. The number of amides is 1. The average molecular weight is 330 g/mol. The van der Waals surface area contributed by atoms with E-state index in [-0.39, 0.29) is 0 Å². The summed E-state index contributed by atoms with van der Waals surface area (Å²) in [4.78, 5) is 17.3. The zero-order chi connectivity index (χ0) is 15.8. The quantitative estimate of drug-likeness (QED) is 0.860. The van der Waals surface area contributed by atoms with E-state index < -0.39 is 0 Å². The molecule has 6 heteroatoms. The van der Waals surface area contributed by atoms with Crippen molar-refractivity contribution >= 4 is 17.2 Å². The first-order chi connectivity index (χ1) is 11.2. The third-order valence-electron chi connectivity index (χ3n) is 5.09. The Morgan fingerprint density at radius 1 is 1.30 bits per heavy atom. The smallest absolute Gasteiger partial charge is 0.227 e. The number of thiophene rings is 1. The van der Waals surface area contributed by atoms with Gasteiger partial charge < -0.3 is 4.90 Å². The molecule has 4 heterocycles. The van der Waals surface area contributed by atoms with Gasteiger partial charge in [-0.1, -0.05) is 0 Å². The maximum absolute atomic E-state index is 12.6. The minimum atomic E-state index is 0.291. The Hall–Kier alpha value is -1.66. The maximum Gasteiger partial charge on any atom is 0.227 e. The van der Waals surface area contributed by atoms with Crippen LogP contribution in [-0.4, -0.2) is 50.7 Å². The summed E-state index contributed by atoms with van der Waals surface area (Å²) in [6, 6.07) is 2.97. The molecule has 2 aliphatic rings. The van der Waals surface area contributed by atoms with Crippen molar-refractivity contribution in [3.05, 3.63) is 40.3 Å². The van der Waals surface area contributed by atoms with E-state index in [4.69, 9.17) is 0 Å². The van der Waals surface area contributed by atoms with E-state index in [1.54, 1.807) is 11.3 Å². The van der Waals surface area contributed by atoms with Gasteiger partial charge in [0.1, 0.15) is 0 Å². The van der Waals surface area contributed by atoms with Gasteiger partial charge in [0.2, 0.25) is 5.91 Å². The molecule has 2 aliphatic heterocycles. The van der Waals surface area contributed by atoms with Crippen molar-refractivity contribution in [2.75, 3.05) is 13.1 Å². The highest BCUT2D eigenvalue weighted by atomic mass is 32.1. The molecule has 0 spiro atoms. The van der Waals surface area contributed by atoms with Crippen molar-refractivity contribution in [2.24, 2.45) is 7.05 Å². The van der Waals surface area contributed by atoms with Gasteiger partial charge in [-0.05, 0) is 35.2 Å². The summed E-state index contributed by atoms with van der Waals surface area (Å²) in [5.74, 6) is 0.291. The Morgan fingerprint density at radius 2 is 2.17 bits per heavy atom. The van der Waals surface area contributed by atoms with Crippen molar-refractivity contribution in [3.8, 4) is 0 Å². The van der Waals surface area contributed by atoms with E-state index in [0.29, 0.717) is 24.4 Å². The molecular weight excluding hydrogens is 308 g/mol. The summed E-state index contributed by atoms with van der Waals surface area (Å²) >= 11 is 1.66. The van der Waals surface area contributed by atoms with Crippen LogP contribution in [0.2, 0.25) is 0 Å². The lowest BCUT2D eigenvalue weighted by atomic mass is 10.1. The average Bonchev–Trinajstić information content (AvgIpc) is 3.26. The van der Waals surface area contributed by atoms with Crippen LogP contribution in [0.15, 0.2) is 29.2 Å². The van der Waals surface area contributed by atoms with Gasteiger partial charge >= 0.3 is 0 Å². The standard InChI is InChI=1S/C17H22N4OS/c1-19-10-14(9-18-19)11-20-5-2-16-15(20)3-6-21(16)17(22)8-13-4-7-23-12-13/h4,7,9-10,12,15-16H,2-3,5-6,8,11H2,1H3/t15-,16+/m0/s1. The Balaban J connectivity index is 1.40. The van der Waals surface area contributed by atoms with E-state index in [2.05, 4.69) is 32.5 Å². The summed E-state index contributed by atoms with van der Waals surface area (Å²) in [5, 5.41) is 8.38. The highest BCUT2D eigenvalue weighted by molar-refractivity contribution is 7.07. The van der Waals surface area contributed by atoms with Crippen LogP contribution in [0.3, 0.4) is 0 Å². The van der Waals surface area contributed by atoms with Crippen molar-refractivity contribution in [2.45, 2.75) is 37.9 Å². The van der Waals surface area contributed by atoms with Crippen LogP contribution in [0.1, 0.15) is 24.0 Å². The number of hydrogen-bond acceptors (Lipinski definition) is 4. The molecule has 2 aromatic heterocycles.